The Hall–Kier alpha value is -0.601. The molecule has 100 valence electrons. The predicted octanol–water partition coefficient (Wildman–Crippen LogP) is 3.21. The molecule has 0 heterocycles. The maximum atomic E-state index is 12.6. The van der Waals surface area contributed by atoms with Crippen molar-refractivity contribution in [3.8, 4) is 0 Å². The van der Waals surface area contributed by atoms with E-state index in [1.165, 1.54) is 4.46 Å². The van der Waals surface area contributed by atoms with Crippen LogP contribution in [-0.4, -0.2) is 23.3 Å². The molecule has 0 spiro atoms. The third-order valence-corrected chi connectivity index (χ3v) is 8.67. The van der Waals surface area contributed by atoms with Crippen molar-refractivity contribution in [2.75, 3.05) is 0 Å². The molecule has 1 nitrogen and oxygen atoms in total. The van der Waals surface area contributed by atoms with Gasteiger partial charge in [0.1, 0.15) is 0 Å². The van der Waals surface area contributed by atoms with Crippen molar-refractivity contribution < 1.29 is 4.21 Å². The summed E-state index contributed by atoms with van der Waals surface area (Å²) in [5.74, 6) is 0. The summed E-state index contributed by atoms with van der Waals surface area (Å²) < 4.78 is 14.1. The van der Waals surface area contributed by atoms with Crippen LogP contribution in [0.5, 0.6) is 0 Å². The molecule has 2 rings (SSSR count). The molecule has 4 heteroatoms. The van der Waals surface area contributed by atoms with Crippen LogP contribution >= 0.6 is 11.6 Å². The van der Waals surface area contributed by atoms with Crippen LogP contribution in [0, 0.1) is 0 Å². The van der Waals surface area contributed by atoms with Gasteiger partial charge in [-0.2, -0.15) is 0 Å². The SMILES string of the molecule is CCC([Se]c1ccccc1)S(=O)c1ccccc1Cl. The van der Waals surface area contributed by atoms with Gasteiger partial charge in [0.25, 0.3) is 0 Å². The summed E-state index contributed by atoms with van der Waals surface area (Å²) >= 11 is 6.33. The molecule has 0 radical (unpaired) electrons. The zero-order valence-electron chi connectivity index (χ0n) is 10.6. The van der Waals surface area contributed by atoms with E-state index in [1.54, 1.807) is 6.07 Å². The van der Waals surface area contributed by atoms with Gasteiger partial charge in [-0.25, -0.2) is 0 Å². The summed E-state index contributed by atoms with van der Waals surface area (Å²) in [5, 5.41) is 0.600. The Labute approximate surface area is 128 Å². The number of hydrogen-bond donors (Lipinski definition) is 0. The number of hydrogen-bond acceptors (Lipinski definition) is 1. The molecule has 0 amide bonds. The Bertz CT molecular complexity index is 559. The molecule has 2 aromatic carbocycles. The van der Waals surface area contributed by atoms with E-state index in [0.717, 1.165) is 11.3 Å². The third-order valence-electron chi connectivity index (χ3n) is 2.64. The molecule has 2 unspecified atom stereocenters. The zero-order valence-corrected chi connectivity index (χ0v) is 13.9. The molecule has 0 bridgehead atoms. The minimum absolute atomic E-state index is 0.162. The zero-order chi connectivity index (χ0) is 13.7. The monoisotopic (exact) mass is 358 g/mol. The first-order valence-corrected chi connectivity index (χ1v) is 9.53. The van der Waals surface area contributed by atoms with E-state index in [4.69, 9.17) is 11.6 Å². The molecular formula is C15H15ClOSSe. The Morgan fingerprint density at radius 2 is 1.74 bits per heavy atom. The summed E-state index contributed by atoms with van der Waals surface area (Å²) in [6.45, 7) is 2.09. The fraction of sp³-hybridized carbons (Fsp3) is 0.200. The van der Waals surface area contributed by atoms with E-state index in [2.05, 4.69) is 19.1 Å². The van der Waals surface area contributed by atoms with Crippen LogP contribution in [0.4, 0.5) is 0 Å². The minimum atomic E-state index is -1.04. The Kier molecular flexibility index (Phi) is 5.65. The summed E-state index contributed by atoms with van der Waals surface area (Å²) in [4.78, 5) is 0.758. The van der Waals surface area contributed by atoms with E-state index in [9.17, 15) is 4.21 Å². The molecule has 2 aromatic rings. The van der Waals surface area contributed by atoms with Crippen molar-refractivity contribution >= 4 is 41.8 Å². The van der Waals surface area contributed by atoms with Crippen molar-refractivity contribution in [3.05, 3.63) is 59.6 Å². The number of halogens is 1. The summed E-state index contributed by atoms with van der Waals surface area (Å²) in [6.07, 6.45) is 0.896. The van der Waals surface area contributed by atoms with Gasteiger partial charge in [-0.3, -0.25) is 0 Å². The Morgan fingerprint density at radius 1 is 1.11 bits per heavy atom. The molecule has 0 aromatic heterocycles. The van der Waals surface area contributed by atoms with Crippen molar-refractivity contribution in [2.45, 2.75) is 22.4 Å². The van der Waals surface area contributed by atoms with E-state index < -0.39 is 10.8 Å². The van der Waals surface area contributed by atoms with Crippen LogP contribution in [-0.2, 0) is 10.8 Å². The van der Waals surface area contributed by atoms with Gasteiger partial charge < -0.3 is 0 Å². The van der Waals surface area contributed by atoms with Gasteiger partial charge in [0.2, 0.25) is 0 Å². The fourth-order valence-corrected chi connectivity index (χ4v) is 6.61. The second-order valence-electron chi connectivity index (χ2n) is 4.00. The van der Waals surface area contributed by atoms with Gasteiger partial charge in [0, 0.05) is 0 Å². The maximum absolute atomic E-state index is 12.6. The summed E-state index contributed by atoms with van der Waals surface area (Å²) in [5.41, 5.74) is 0. The summed E-state index contributed by atoms with van der Waals surface area (Å²) in [6, 6.07) is 17.7. The summed E-state index contributed by atoms with van der Waals surface area (Å²) in [7, 11) is -1.04. The van der Waals surface area contributed by atoms with Crippen LogP contribution in [0.15, 0.2) is 59.5 Å². The molecule has 0 N–H and O–H groups in total. The topological polar surface area (TPSA) is 17.1 Å². The standard InChI is InChI=1S/C15H15ClOSSe/c1-2-15(19-12-8-4-3-5-9-12)18(17)14-11-7-6-10-13(14)16/h3-11,15H,2H2,1H3. The number of rotatable bonds is 5. The molecule has 0 aliphatic heterocycles. The molecule has 0 saturated heterocycles. The van der Waals surface area contributed by atoms with Gasteiger partial charge in [-0.15, -0.1) is 0 Å². The van der Waals surface area contributed by atoms with E-state index in [1.807, 2.05) is 36.4 Å². The Morgan fingerprint density at radius 3 is 2.37 bits per heavy atom. The van der Waals surface area contributed by atoms with Crippen molar-refractivity contribution in [3.63, 3.8) is 0 Å². The average molecular weight is 358 g/mol. The quantitative estimate of drug-likeness (QED) is 0.751. The second-order valence-corrected chi connectivity index (χ2v) is 9.36. The molecule has 0 aliphatic rings. The van der Waals surface area contributed by atoms with Gasteiger partial charge >= 0.3 is 128 Å². The van der Waals surface area contributed by atoms with Crippen LogP contribution in [0.2, 0.25) is 5.02 Å². The van der Waals surface area contributed by atoms with Gasteiger partial charge in [0.05, 0.1) is 0 Å². The van der Waals surface area contributed by atoms with E-state index in [-0.39, 0.29) is 19.1 Å². The van der Waals surface area contributed by atoms with E-state index in [0.29, 0.717) is 5.02 Å². The number of benzene rings is 2. The Balaban J connectivity index is 2.18. The van der Waals surface area contributed by atoms with Gasteiger partial charge in [0.15, 0.2) is 0 Å². The first-order valence-electron chi connectivity index (χ1n) is 6.09. The first kappa shape index (κ1) is 14.8. The molecule has 0 saturated carbocycles. The van der Waals surface area contributed by atoms with E-state index >= 15 is 0 Å². The molecule has 0 fully saturated rings. The molecule has 19 heavy (non-hydrogen) atoms. The predicted molar refractivity (Wildman–Crippen MR) is 83.8 cm³/mol. The third kappa shape index (κ3) is 3.93. The van der Waals surface area contributed by atoms with Gasteiger partial charge in [-0.1, -0.05) is 0 Å². The fourth-order valence-electron chi connectivity index (χ4n) is 1.68. The van der Waals surface area contributed by atoms with Crippen molar-refractivity contribution in [2.24, 2.45) is 0 Å². The molecular weight excluding hydrogens is 343 g/mol. The normalized spacial score (nSPS) is 14.0. The van der Waals surface area contributed by atoms with Crippen molar-refractivity contribution in [1.29, 1.82) is 0 Å². The first-order chi connectivity index (χ1) is 9.22. The van der Waals surface area contributed by atoms with Crippen molar-refractivity contribution in [1.82, 2.24) is 0 Å². The van der Waals surface area contributed by atoms with Crippen LogP contribution < -0.4 is 4.46 Å². The van der Waals surface area contributed by atoms with Gasteiger partial charge in [-0.05, 0) is 0 Å². The average Bonchev–Trinajstić information content (AvgIpc) is 2.46. The molecule has 0 aliphatic carbocycles. The van der Waals surface area contributed by atoms with Crippen LogP contribution in [0.25, 0.3) is 0 Å². The van der Waals surface area contributed by atoms with Crippen LogP contribution in [0.3, 0.4) is 0 Å². The van der Waals surface area contributed by atoms with Crippen LogP contribution in [0.1, 0.15) is 13.3 Å². The molecule has 2 atom stereocenters. The second kappa shape index (κ2) is 7.25.